The molecule has 2 unspecified atom stereocenters. The maximum Gasteiger partial charge on any atom is 0.228 e. The molecule has 0 spiro atoms. The Labute approximate surface area is 138 Å². The first-order valence-electron chi connectivity index (χ1n) is 7.68. The molecule has 1 aliphatic rings. The van der Waals surface area contributed by atoms with Crippen LogP contribution in [0.3, 0.4) is 0 Å². The van der Waals surface area contributed by atoms with E-state index in [1.54, 1.807) is 24.3 Å². The number of nitrogens with one attached hydrogen (secondary N) is 1. The molecule has 1 fully saturated rings. The van der Waals surface area contributed by atoms with E-state index in [1.165, 1.54) is 12.1 Å². The van der Waals surface area contributed by atoms with Gasteiger partial charge in [0.2, 0.25) is 5.91 Å². The van der Waals surface area contributed by atoms with Crippen LogP contribution >= 0.6 is 0 Å². The Morgan fingerprint density at radius 2 is 1.96 bits per heavy atom. The smallest absolute Gasteiger partial charge is 0.228 e. The predicted molar refractivity (Wildman–Crippen MR) is 84.9 cm³/mol. The summed E-state index contributed by atoms with van der Waals surface area (Å²) in [7, 11) is 0. The van der Waals surface area contributed by atoms with Gasteiger partial charge in [0.25, 0.3) is 0 Å². The fourth-order valence-electron chi connectivity index (χ4n) is 2.67. The number of aliphatic hydroxyl groups excluding tert-OH is 1. The van der Waals surface area contributed by atoms with Crippen LogP contribution in [0.1, 0.15) is 17.9 Å². The van der Waals surface area contributed by atoms with Gasteiger partial charge in [0, 0.05) is 11.6 Å². The highest BCUT2D eigenvalue weighted by Gasteiger charge is 2.45. The van der Waals surface area contributed by atoms with Gasteiger partial charge in [-0.3, -0.25) is 4.79 Å². The lowest BCUT2D eigenvalue weighted by atomic mass is 10.1. The first kappa shape index (κ1) is 16.4. The number of aliphatic hydroxyl groups is 1. The van der Waals surface area contributed by atoms with Crippen LogP contribution in [0.5, 0.6) is 5.75 Å². The van der Waals surface area contributed by atoms with Crippen molar-refractivity contribution < 1.29 is 23.4 Å². The lowest BCUT2D eigenvalue weighted by molar-refractivity contribution is -0.117. The summed E-state index contributed by atoms with van der Waals surface area (Å²) in [6, 6.07) is 10.8. The molecule has 1 saturated carbocycles. The molecular formula is C18H17F2NO3. The Morgan fingerprint density at radius 3 is 2.67 bits per heavy atom. The summed E-state index contributed by atoms with van der Waals surface area (Å²) in [6.45, 7) is 0.132. The molecule has 0 radical (unpaired) electrons. The SMILES string of the molecule is O=C(Nc1ccc(OCCO)cc1)C1CC1c1cccc(F)c1F. The van der Waals surface area contributed by atoms with E-state index < -0.39 is 11.6 Å². The van der Waals surface area contributed by atoms with Gasteiger partial charge < -0.3 is 15.2 Å². The van der Waals surface area contributed by atoms with Crippen LogP contribution in [0.15, 0.2) is 42.5 Å². The van der Waals surface area contributed by atoms with Crippen molar-refractivity contribution in [1.82, 2.24) is 0 Å². The van der Waals surface area contributed by atoms with E-state index in [1.807, 2.05) is 0 Å². The monoisotopic (exact) mass is 333 g/mol. The normalized spacial score (nSPS) is 19.0. The van der Waals surface area contributed by atoms with Gasteiger partial charge in [-0.2, -0.15) is 0 Å². The zero-order chi connectivity index (χ0) is 17.1. The lowest BCUT2D eigenvalue weighted by Crippen LogP contribution is -2.14. The number of benzene rings is 2. The van der Waals surface area contributed by atoms with Gasteiger partial charge in [-0.15, -0.1) is 0 Å². The number of carbonyl (C=O) groups excluding carboxylic acids is 1. The van der Waals surface area contributed by atoms with Crippen LogP contribution < -0.4 is 10.1 Å². The standard InChI is InChI=1S/C18H17F2NO3/c19-16-3-1-2-13(17(16)20)14-10-15(14)18(23)21-11-4-6-12(7-5-11)24-9-8-22/h1-7,14-15,22H,8-10H2,(H,21,23). The largest absolute Gasteiger partial charge is 0.491 e. The van der Waals surface area contributed by atoms with Crippen LogP contribution in [0.25, 0.3) is 0 Å². The second-order valence-corrected chi connectivity index (χ2v) is 5.68. The molecule has 2 aromatic rings. The molecule has 24 heavy (non-hydrogen) atoms. The van der Waals surface area contributed by atoms with Gasteiger partial charge in [0.15, 0.2) is 11.6 Å². The second kappa shape index (κ2) is 6.97. The molecule has 2 atom stereocenters. The van der Waals surface area contributed by atoms with E-state index in [9.17, 15) is 13.6 Å². The molecular weight excluding hydrogens is 316 g/mol. The molecule has 126 valence electrons. The van der Waals surface area contributed by atoms with Crippen molar-refractivity contribution in [2.24, 2.45) is 5.92 Å². The first-order valence-corrected chi connectivity index (χ1v) is 7.68. The van der Waals surface area contributed by atoms with Gasteiger partial charge in [0.05, 0.1) is 6.61 Å². The maximum absolute atomic E-state index is 13.8. The lowest BCUT2D eigenvalue weighted by Gasteiger charge is -2.08. The average Bonchev–Trinajstić information content (AvgIpc) is 3.37. The predicted octanol–water partition coefficient (Wildman–Crippen LogP) is 3.08. The molecule has 0 heterocycles. The second-order valence-electron chi connectivity index (χ2n) is 5.68. The summed E-state index contributed by atoms with van der Waals surface area (Å²) in [4.78, 5) is 12.2. The Morgan fingerprint density at radius 1 is 1.21 bits per heavy atom. The summed E-state index contributed by atoms with van der Waals surface area (Å²) in [5, 5.41) is 11.5. The number of rotatable bonds is 6. The maximum atomic E-state index is 13.8. The van der Waals surface area contributed by atoms with Crippen molar-refractivity contribution in [3.63, 3.8) is 0 Å². The van der Waals surface area contributed by atoms with Crippen LogP contribution in [0.4, 0.5) is 14.5 Å². The fraction of sp³-hybridized carbons (Fsp3) is 0.278. The minimum absolute atomic E-state index is 0.0712. The summed E-state index contributed by atoms with van der Waals surface area (Å²) >= 11 is 0. The molecule has 2 aromatic carbocycles. The van der Waals surface area contributed by atoms with Crippen LogP contribution in [-0.4, -0.2) is 24.2 Å². The van der Waals surface area contributed by atoms with Crippen molar-refractivity contribution in [3.05, 3.63) is 59.7 Å². The van der Waals surface area contributed by atoms with Crippen LogP contribution in [0.2, 0.25) is 0 Å². The quantitative estimate of drug-likeness (QED) is 0.854. The number of ether oxygens (including phenoxy) is 1. The number of carbonyl (C=O) groups is 1. The van der Waals surface area contributed by atoms with Crippen molar-refractivity contribution in [3.8, 4) is 5.75 Å². The Hall–Kier alpha value is -2.47. The van der Waals surface area contributed by atoms with E-state index in [0.29, 0.717) is 17.9 Å². The summed E-state index contributed by atoms with van der Waals surface area (Å²) < 4.78 is 32.3. The zero-order valence-electron chi connectivity index (χ0n) is 12.8. The first-order chi connectivity index (χ1) is 11.6. The Balaban J connectivity index is 1.59. The third-order valence-electron chi connectivity index (χ3n) is 3.99. The van der Waals surface area contributed by atoms with E-state index in [4.69, 9.17) is 9.84 Å². The number of hydrogen-bond acceptors (Lipinski definition) is 3. The molecule has 1 aliphatic carbocycles. The molecule has 6 heteroatoms. The molecule has 3 rings (SSSR count). The van der Waals surface area contributed by atoms with Gasteiger partial charge in [0.1, 0.15) is 12.4 Å². The van der Waals surface area contributed by atoms with Crippen molar-refractivity contribution in [2.75, 3.05) is 18.5 Å². The van der Waals surface area contributed by atoms with Crippen LogP contribution in [0, 0.1) is 17.6 Å². The highest BCUT2D eigenvalue weighted by atomic mass is 19.2. The van der Waals surface area contributed by atoms with Crippen molar-refractivity contribution in [1.29, 1.82) is 0 Å². The summed E-state index contributed by atoms with van der Waals surface area (Å²) in [5.41, 5.74) is 0.851. The van der Waals surface area contributed by atoms with E-state index in [0.717, 1.165) is 6.07 Å². The van der Waals surface area contributed by atoms with Gasteiger partial charge >= 0.3 is 0 Å². The number of amides is 1. The summed E-state index contributed by atoms with van der Waals surface area (Å²) in [5.74, 6) is -2.03. The highest BCUT2D eigenvalue weighted by Crippen LogP contribution is 2.49. The zero-order valence-corrected chi connectivity index (χ0v) is 12.8. The molecule has 1 amide bonds. The number of anilines is 1. The average molecular weight is 333 g/mol. The van der Waals surface area contributed by atoms with E-state index >= 15 is 0 Å². The minimum atomic E-state index is -0.892. The molecule has 0 aromatic heterocycles. The topological polar surface area (TPSA) is 58.6 Å². The van der Waals surface area contributed by atoms with Gasteiger partial charge in [-0.05, 0) is 48.2 Å². The number of hydrogen-bond donors (Lipinski definition) is 2. The molecule has 4 nitrogen and oxygen atoms in total. The molecule has 0 saturated heterocycles. The van der Waals surface area contributed by atoms with Crippen LogP contribution in [-0.2, 0) is 4.79 Å². The Kier molecular flexibility index (Phi) is 4.76. The Bertz CT molecular complexity index is 734. The van der Waals surface area contributed by atoms with Crippen molar-refractivity contribution >= 4 is 11.6 Å². The molecule has 2 N–H and O–H groups in total. The summed E-state index contributed by atoms with van der Waals surface area (Å²) in [6.07, 6.45) is 0.504. The van der Waals surface area contributed by atoms with E-state index in [2.05, 4.69) is 5.32 Å². The third kappa shape index (κ3) is 3.54. The molecule has 0 aliphatic heterocycles. The van der Waals surface area contributed by atoms with E-state index in [-0.39, 0.29) is 36.5 Å². The van der Waals surface area contributed by atoms with Gasteiger partial charge in [-0.1, -0.05) is 12.1 Å². The van der Waals surface area contributed by atoms with Gasteiger partial charge in [-0.25, -0.2) is 8.78 Å². The van der Waals surface area contributed by atoms with Crippen molar-refractivity contribution in [2.45, 2.75) is 12.3 Å². The number of halogens is 2. The highest BCUT2D eigenvalue weighted by molar-refractivity contribution is 5.95. The molecule has 0 bridgehead atoms. The third-order valence-corrected chi connectivity index (χ3v) is 3.99. The fourth-order valence-corrected chi connectivity index (χ4v) is 2.67. The minimum Gasteiger partial charge on any atom is -0.491 e.